The molecule has 3 heteroatoms. The molecule has 0 atom stereocenters. The molecule has 0 aromatic heterocycles. The van der Waals surface area contributed by atoms with E-state index in [1.54, 1.807) is 0 Å². The summed E-state index contributed by atoms with van der Waals surface area (Å²) in [4.78, 5) is 0. The van der Waals surface area contributed by atoms with E-state index in [4.69, 9.17) is 14.9 Å². The van der Waals surface area contributed by atoms with Crippen molar-refractivity contribution in [1.82, 2.24) is 0 Å². The molecule has 1 rings (SSSR count). The molecule has 15 heavy (non-hydrogen) atoms. The van der Waals surface area contributed by atoms with Gasteiger partial charge in [0.15, 0.2) is 0 Å². The molecule has 0 fully saturated rings. The first-order chi connectivity index (χ1) is 6.79. The lowest BCUT2D eigenvalue weighted by Gasteiger charge is -2.31. The SMILES string of the molecule is CC(O)(O)OC(C)(C)Cc1ccccc1. The molecule has 3 nitrogen and oxygen atoms in total. The van der Waals surface area contributed by atoms with Crippen LogP contribution in [-0.4, -0.2) is 21.8 Å². The minimum atomic E-state index is -2.09. The third kappa shape index (κ3) is 4.93. The van der Waals surface area contributed by atoms with Crippen molar-refractivity contribution in [2.24, 2.45) is 0 Å². The summed E-state index contributed by atoms with van der Waals surface area (Å²) in [7, 11) is 0. The molecular weight excluding hydrogens is 192 g/mol. The Labute approximate surface area is 90.3 Å². The predicted molar refractivity (Wildman–Crippen MR) is 58.2 cm³/mol. The molecule has 0 saturated carbocycles. The standard InChI is InChI=1S/C12H18O3/c1-11(2,15-12(3,13)14)9-10-7-5-4-6-8-10/h4-8,13-14H,9H2,1-3H3. The van der Waals surface area contributed by atoms with Crippen LogP contribution in [0.15, 0.2) is 30.3 Å². The summed E-state index contributed by atoms with van der Waals surface area (Å²) in [5.74, 6) is -2.09. The highest BCUT2D eigenvalue weighted by atomic mass is 16.8. The van der Waals surface area contributed by atoms with Crippen molar-refractivity contribution >= 4 is 0 Å². The Morgan fingerprint density at radius 2 is 1.60 bits per heavy atom. The second-order valence-electron chi connectivity index (χ2n) is 4.46. The van der Waals surface area contributed by atoms with Gasteiger partial charge in [-0.3, -0.25) is 0 Å². The summed E-state index contributed by atoms with van der Waals surface area (Å²) < 4.78 is 5.14. The van der Waals surface area contributed by atoms with E-state index in [0.717, 1.165) is 5.56 Å². The van der Waals surface area contributed by atoms with Gasteiger partial charge in [0.1, 0.15) is 0 Å². The Morgan fingerprint density at radius 3 is 2.07 bits per heavy atom. The molecule has 0 spiro atoms. The Balaban J connectivity index is 2.65. The van der Waals surface area contributed by atoms with E-state index >= 15 is 0 Å². The maximum absolute atomic E-state index is 9.16. The van der Waals surface area contributed by atoms with Crippen LogP contribution in [0.4, 0.5) is 0 Å². The minimum absolute atomic E-state index is 0.612. The van der Waals surface area contributed by atoms with Gasteiger partial charge in [0.25, 0.3) is 5.97 Å². The van der Waals surface area contributed by atoms with Gasteiger partial charge >= 0.3 is 0 Å². The van der Waals surface area contributed by atoms with Crippen LogP contribution in [0.25, 0.3) is 0 Å². The normalized spacial score (nSPS) is 12.9. The van der Waals surface area contributed by atoms with Gasteiger partial charge < -0.3 is 14.9 Å². The quantitative estimate of drug-likeness (QED) is 0.743. The molecule has 2 N–H and O–H groups in total. The Morgan fingerprint density at radius 1 is 1.07 bits per heavy atom. The number of ether oxygens (including phenoxy) is 1. The topological polar surface area (TPSA) is 49.7 Å². The van der Waals surface area contributed by atoms with Gasteiger partial charge in [0.05, 0.1) is 5.60 Å². The third-order valence-corrected chi connectivity index (χ3v) is 1.94. The fraction of sp³-hybridized carbons (Fsp3) is 0.500. The molecule has 0 amide bonds. The molecule has 0 aliphatic carbocycles. The number of hydrogen-bond donors (Lipinski definition) is 2. The summed E-state index contributed by atoms with van der Waals surface area (Å²) >= 11 is 0. The first-order valence-corrected chi connectivity index (χ1v) is 4.97. The number of aliphatic hydroxyl groups is 2. The van der Waals surface area contributed by atoms with Crippen molar-refractivity contribution in [2.75, 3.05) is 0 Å². The first kappa shape index (κ1) is 12.2. The molecule has 0 heterocycles. The van der Waals surface area contributed by atoms with Gasteiger partial charge in [-0.2, -0.15) is 0 Å². The lowest BCUT2D eigenvalue weighted by molar-refractivity contribution is -0.359. The molecule has 0 unspecified atom stereocenters. The van der Waals surface area contributed by atoms with Gasteiger partial charge in [0, 0.05) is 13.3 Å². The molecule has 0 bridgehead atoms. The van der Waals surface area contributed by atoms with Crippen LogP contribution in [0.3, 0.4) is 0 Å². The molecule has 0 saturated heterocycles. The average Bonchev–Trinajstić information content (AvgIpc) is 1.99. The molecule has 0 radical (unpaired) electrons. The summed E-state index contributed by atoms with van der Waals surface area (Å²) in [5.41, 5.74) is 0.492. The average molecular weight is 210 g/mol. The van der Waals surface area contributed by atoms with E-state index in [1.165, 1.54) is 6.92 Å². The molecule has 0 aliphatic heterocycles. The second-order valence-corrected chi connectivity index (χ2v) is 4.46. The van der Waals surface area contributed by atoms with Gasteiger partial charge in [0.2, 0.25) is 0 Å². The van der Waals surface area contributed by atoms with E-state index in [0.29, 0.717) is 6.42 Å². The zero-order valence-corrected chi connectivity index (χ0v) is 9.40. The highest BCUT2D eigenvalue weighted by molar-refractivity contribution is 5.16. The van der Waals surface area contributed by atoms with Gasteiger partial charge in [-0.05, 0) is 19.4 Å². The zero-order valence-electron chi connectivity index (χ0n) is 9.40. The van der Waals surface area contributed by atoms with Crippen LogP contribution >= 0.6 is 0 Å². The summed E-state index contributed by atoms with van der Waals surface area (Å²) in [6.07, 6.45) is 0.630. The Bertz CT molecular complexity index is 298. The van der Waals surface area contributed by atoms with Crippen molar-refractivity contribution < 1.29 is 14.9 Å². The van der Waals surface area contributed by atoms with Gasteiger partial charge in [-0.1, -0.05) is 30.3 Å². The molecule has 84 valence electrons. The van der Waals surface area contributed by atoms with Crippen LogP contribution in [0.1, 0.15) is 26.3 Å². The van der Waals surface area contributed by atoms with Gasteiger partial charge in [-0.25, -0.2) is 0 Å². The number of hydrogen-bond acceptors (Lipinski definition) is 3. The smallest absolute Gasteiger partial charge is 0.275 e. The molecule has 0 aliphatic rings. The fourth-order valence-corrected chi connectivity index (χ4v) is 1.65. The summed E-state index contributed by atoms with van der Waals surface area (Å²) in [6.45, 7) is 4.86. The van der Waals surface area contributed by atoms with Gasteiger partial charge in [-0.15, -0.1) is 0 Å². The third-order valence-electron chi connectivity index (χ3n) is 1.94. The fourth-order valence-electron chi connectivity index (χ4n) is 1.65. The van der Waals surface area contributed by atoms with Crippen LogP contribution in [-0.2, 0) is 11.2 Å². The Hall–Kier alpha value is -0.900. The van der Waals surface area contributed by atoms with E-state index in [1.807, 2.05) is 44.2 Å². The van der Waals surface area contributed by atoms with Crippen molar-refractivity contribution in [2.45, 2.75) is 38.8 Å². The minimum Gasteiger partial charge on any atom is -0.344 e. The molecule has 1 aromatic carbocycles. The van der Waals surface area contributed by atoms with Crippen molar-refractivity contribution in [1.29, 1.82) is 0 Å². The highest BCUT2D eigenvalue weighted by Crippen LogP contribution is 2.21. The zero-order chi connectivity index (χ0) is 11.5. The van der Waals surface area contributed by atoms with Crippen LogP contribution < -0.4 is 0 Å². The lowest BCUT2D eigenvalue weighted by atomic mass is 9.98. The van der Waals surface area contributed by atoms with E-state index < -0.39 is 11.6 Å². The van der Waals surface area contributed by atoms with Crippen LogP contribution in [0.5, 0.6) is 0 Å². The van der Waals surface area contributed by atoms with Crippen LogP contribution in [0, 0.1) is 0 Å². The van der Waals surface area contributed by atoms with Crippen molar-refractivity contribution in [3.63, 3.8) is 0 Å². The maximum Gasteiger partial charge on any atom is 0.275 e. The summed E-state index contributed by atoms with van der Waals surface area (Å²) in [6, 6.07) is 9.80. The number of rotatable bonds is 4. The molecule has 1 aromatic rings. The Kier molecular flexibility index (Phi) is 3.50. The second kappa shape index (κ2) is 4.31. The largest absolute Gasteiger partial charge is 0.344 e. The highest BCUT2D eigenvalue weighted by Gasteiger charge is 2.29. The van der Waals surface area contributed by atoms with E-state index in [9.17, 15) is 0 Å². The predicted octanol–water partition coefficient (Wildman–Crippen LogP) is 1.68. The number of benzene rings is 1. The van der Waals surface area contributed by atoms with E-state index in [2.05, 4.69) is 0 Å². The van der Waals surface area contributed by atoms with E-state index in [-0.39, 0.29) is 0 Å². The van der Waals surface area contributed by atoms with Crippen LogP contribution in [0.2, 0.25) is 0 Å². The monoisotopic (exact) mass is 210 g/mol. The van der Waals surface area contributed by atoms with Crippen molar-refractivity contribution in [3.05, 3.63) is 35.9 Å². The summed E-state index contributed by atoms with van der Waals surface area (Å²) in [5, 5.41) is 18.3. The van der Waals surface area contributed by atoms with Crippen molar-refractivity contribution in [3.8, 4) is 0 Å². The first-order valence-electron chi connectivity index (χ1n) is 4.97. The molecular formula is C12H18O3. The lowest BCUT2D eigenvalue weighted by Crippen LogP contribution is -2.40. The maximum atomic E-state index is 9.16.